The highest BCUT2D eigenvalue weighted by Crippen LogP contribution is 2.33. The molecule has 18 heavy (non-hydrogen) atoms. The van der Waals surface area contributed by atoms with Gasteiger partial charge in [-0.1, -0.05) is 0 Å². The van der Waals surface area contributed by atoms with Crippen LogP contribution < -0.4 is 11.1 Å². The summed E-state index contributed by atoms with van der Waals surface area (Å²) in [5, 5.41) is 3.10. The van der Waals surface area contributed by atoms with E-state index >= 15 is 0 Å². The number of fused-ring (bicyclic) bond motifs is 1. The maximum Gasteiger partial charge on any atom is 0.222 e. The van der Waals surface area contributed by atoms with E-state index in [0.29, 0.717) is 12.3 Å². The third-order valence-electron chi connectivity index (χ3n) is 4.04. The standard InChI is InChI=1S/C14H20N2O2/c15-11(9-4-5-9)8-14(17)16-12-2-1-3-13-10(12)6-7-18-13/h6-7,9,11-12H,1-5,8,15H2,(H,16,17). The molecule has 0 radical (unpaired) electrons. The Labute approximate surface area is 107 Å². The van der Waals surface area contributed by atoms with Gasteiger partial charge in [0.05, 0.1) is 12.3 Å². The Kier molecular flexibility index (Phi) is 3.12. The summed E-state index contributed by atoms with van der Waals surface area (Å²) in [6.45, 7) is 0. The van der Waals surface area contributed by atoms with Gasteiger partial charge in [-0.05, 0) is 37.7 Å². The zero-order valence-electron chi connectivity index (χ0n) is 10.5. The van der Waals surface area contributed by atoms with Crippen LogP contribution in [0.5, 0.6) is 0 Å². The van der Waals surface area contributed by atoms with Gasteiger partial charge in [-0.15, -0.1) is 0 Å². The van der Waals surface area contributed by atoms with Gasteiger partial charge in [-0.25, -0.2) is 0 Å². The van der Waals surface area contributed by atoms with Crippen molar-refractivity contribution < 1.29 is 9.21 Å². The van der Waals surface area contributed by atoms with E-state index in [4.69, 9.17) is 10.2 Å². The number of rotatable bonds is 4. The Morgan fingerprint density at radius 2 is 2.33 bits per heavy atom. The zero-order valence-corrected chi connectivity index (χ0v) is 10.5. The van der Waals surface area contributed by atoms with E-state index in [1.807, 2.05) is 6.07 Å². The van der Waals surface area contributed by atoms with E-state index in [0.717, 1.165) is 30.6 Å². The van der Waals surface area contributed by atoms with Crippen molar-refractivity contribution in [3.8, 4) is 0 Å². The van der Waals surface area contributed by atoms with Crippen LogP contribution in [0.1, 0.15) is 49.5 Å². The van der Waals surface area contributed by atoms with Crippen molar-refractivity contribution in [2.24, 2.45) is 11.7 Å². The van der Waals surface area contributed by atoms with E-state index < -0.39 is 0 Å². The quantitative estimate of drug-likeness (QED) is 0.855. The molecule has 1 saturated carbocycles. The number of hydrogen-bond acceptors (Lipinski definition) is 3. The van der Waals surface area contributed by atoms with Gasteiger partial charge in [0.1, 0.15) is 5.76 Å². The summed E-state index contributed by atoms with van der Waals surface area (Å²) >= 11 is 0. The molecule has 2 unspecified atom stereocenters. The number of carbonyl (C=O) groups excluding carboxylic acids is 1. The molecule has 1 amide bonds. The Morgan fingerprint density at radius 3 is 3.11 bits per heavy atom. The number of hydrogen-bond donors (Lipinski definition) is 2. The molecule has 1 aromatic heterocycles. The van der Waals surface area contributed by atoms with Gasteiger partial charge in [0.25, 0.3) is 0 Å². The predicted octanol–water partition coefficient (Wildman–Crippen LogP) is 1.90. The fraction of sp³-hybridized carbons (Fsp3) is 0.643. The van der Waals surface area contributed by atoms with Gasteiger partial charge in [0.15, 0.2) is 0 Å². The molecule has 1 heterocycles. The third kappa shape index (κ3) is 2.43. The Balaban J connectivity index is 1.58. The van der Waals surface area contributed by atoms with Crippen LogP contribution in [0.25, 0.3) is 0 Å². The van der Waals surface area contributed by atoms with Crippen LogP contribution in [-0.4, -0.2) is 11.9 Å². The molecule has 1 fully saturated rings. The summed E-state index contributed by atoms with van der Waals surface area (Å²) in [5.74, 6) is 1.68. The minimum Gasteiger partial charge on any atom is -0.469 e. The van der Waals surface area contributed by atoms with Gasteiger partial charge in [-0.2, -0.15) is 0 Å². The molecule has 3 rings (SSSR count). The van der Waals surface area contributed by atoms with Crippen molar-refractivity contribution in [2.45, 2.75) is 50.6 Å². The lowest BCUT2D eigenvalue weighted by molar-refractivity contribution is -0.122. The second kappa shape index (κ2) is 4.76. The highest BCUT2D eigenvalue weighted by atomic mass is 16.3. The van der Waals surface area contributed by atoms with Crippen LogP contribution in [0, 0.1) is 5.92 Å². The van der Waals surface area contributed by atoms with Gasteiger partial charge < -0.3 is 15.5 Å². The highest BCUT2D eigenvalue weighted by molar-refractivity contribution is 5.77. The van der Waals surface area contributed by atoms with Crippen LogP contribution in [-0.2, 0) is 11.2 Å². The molecule has 2 aliphatic carbocycles. The number of furan rings is 1. The summed E-state index contributed by atoms with van der Waals surface area (Å²) in [6.07, 6.45) is 7.58. The van der Waals surface area contributed by atoms with E-state index in [-0.39, 0.29) is 18.0 Å². The van der Waals surface area contributed by atoms with Crippen LogP contribution in [0.2, 0.25) is 0 Å². The van der Waals surface area contributed by atoms with E-state index in [2.05, 4.69) is 5.32 Å². The zero-order chi connectivity index (χ0) is 12.5. The minimum atomic E-state index is 0.0393. The molecule has 4 nitrogen and oxygen atoms in total. The summed E-state index contributed by atoms with van der Waals surface area (Å²) < 4.78 is 5.42. The molecule has 0 spiro atoms. The molecule has 4 heteroatoms. The van der Waals surface area contributed by atoms with E-state index in [1.165, 1.54) is 12.8 Å². The Bertz CT molecular complexity index is 437. The number of amides is 1. The smallest absolute Gasteiger partial charge is 0.222 e. The van der Waals surface area contributed by atoms with Crippen LogP contribution in [0.15, 0.2) is 16.7 Å². The molecule has 1 aromatic rings. The summed E-state index contributed by atoms with van der Waals surface area (Å²) in [6, 6.07) is 2.13. The molecule has 0 aliphatic heterocycles. The normalized spacial score (nSPS) is 24.4. The molecular weight excluding hydrogens is 228 g/mol. The SMILES string of the molecule is NC(CC(=O)NC1CCCc2occc21)C1CC1. The molecular formula is C14H20N2O2. The minimum absolute atomic E-state index is 0.0393. The first-order chi connectivity index (χ1) is 8.74. The lowest BCUT2D eigenvalue weighted by atomic mass is 9.93. The number of nitrogens with one attached hydrogen (secondary N) is 1. The first-order valence-electron chi connectivity index (χ1n) is 6.85. The fourth-order valence-electron chi connectivity index (χ4n) is 2.79. The molecule has 3 N–H and O–H groups in total. The summed E-state index contributed by atoms with van der Waals surface area (Å²) in [7, 11) is 0. The third-order valence-corrected chi connectivity index (χ3v) is 4.04. The molecule has 2 aliphatic rings. The first kappa shape index (κ1) is 11.8. The summed E-state index contributed by atoms with van der Waals surface area (Å²) in [5.41, 5.74) is 7.13. The fourth-order valence-corrected chi connectivity index (χ4v) is 2.79. The molecule has 98 valence electrons. The first-order valence-corrected chi connectivity index (χ1v) is 6.85. The Hall–Kier alpha value is -1.29. The second-order valence-electron chi connectivity index (χ2n) is 5.52. The van der Waals surface area contributed by atoms with Gasteiger partial charge in [0, 0.05) is 24.4 Å². The number of aryl methyl sites for hydroxylation is 1. The predicted molar refractivity (Wildman–Crippen MR) is 67.8 cm³/mol. The van der Waals surface area contributed by atoms with E-state index in [9.17, 15) is 4.79 Å². The topological polar surface area (TPSA) is 68.3 Å². The van der Waals surface area contributed by atoms with Crippen LogP contribution >= 0.6 is 0 Å². The highest BCUT2D eigenvalue weighted by Gasteiger charge is 2.31. The van der Waals surface area contributed by atoms with Gasteiger partial charge in [-0.3, -0.25) is 4.79 Å². The van der Waals surface area contributed by atoms with Crippen LogP contribution in [0.4, 0.5) is 0 Å². The van der Waals surface area contributed by atoms with Crippen molar-refractivity contribution in [1.29, 1.82) is 0 Å². The summed E-state index contributed by atoms with van der Waals surface area (Å²) in [4.78, 5) is 12.0. The largest absolute Gasteiger partial charge is 0.469 e. The van der Waals surface area contributed by atoms with Crippen molar-refractivity contribution >= 4 is 5.91 Å². The average Bonchev–Trinajstić information content (AvgIpc) is 3.08. The van der Waals surface area contributed by atoms with Gasteiger partial charge in [0.2, 0.25) is 5.91 Å². The van der Waals surface area contributed by atoms with Gasteiger partial charge >= 0.3 is 0 Å². The van der Waals surface area contributed by atoms with Crippen molar-refractivity contribution in [3.63, 3.8) is 0 Å². The maximum absolute atomic E-state index is 12.0. The molecule has 0 saturated heterocycles. The maximum atomic E-state index is 12.0. The number of nitrogens with two attached hydrogens (primary N) is 1. The van der Waals surface area contributed by atoms with Crippen molar-refractivity contribution in [3.05, 3.63) is 23.7 Å². The van der Waals surface area contributed by atoms with Crippen LogP contribution in [0.3, 0.4) is 0 Å². The molecule has 0 aromatic carbocycles. The second-order valence-corrected chi connectivity index (χ2v) is 5.52. The Morgan fingerprint density at radius 1 is 1.50 bits per heavy atom. The number of carbonyl (C=O) groups is 1. The molecule has 0 bridgehead atoms. The molecule has 2 atom stereocenters. The van der Waals surface area contributed by atoms with Crippen molar-refractivity contribution in [2.75, 3.05) is 0 Å². The lowest BCUT2D eigenvalue weighted by Crippen LogP contribution is -2.36. The lowest BCUT2D eigenvalue weighted by Gasteiger charge is -2.23. The monoisotopic (exact) mass is 248 g/mol. The average molecular weight is 248 g/mol. The van der Waals surface area contributed by atoms with Crippen molar-refractivity contribution in [1.82, 2.24) is 5.32 Å². The van der Waals surface area contributed by atoms with E-state index in [1.54, 1.807) is 6.26 Å².